The normalized spacial score (nSPS) is 21.4. The predicted molar refractivity (Wildman–Crippen MR) is 79.8 cm³/mol. The molecule has 0 aromatic carbocycles. The summed E-state index contributed by atoms with van der Waals surface area (Å²) in [6.45, 7) is 5.79. The van der Waals surface area contributed by atoms with Crippen LogP contribution in [0.1, 0.15) is 32.6 Å². The molecule has 1 fully saturated rings. The van der Waals surface area contributed by atoms with E-state index in [1.165, 1.54) is 6.42 Å². The van der Waals surface area contributed by atoms with Crippen molar-refractivity contribution in [3.63, 3.8) is 0 Å². The van der Waals surface area contributed by atoms with E-state index in [2.05, 4.69) is 17.1 Å². The summed E-state index contributed by atoms with van der Waals surface area (Å²) in [6, 6.07) is 0.405. The van der Waals surface area contributed by atoms with E-state index in [1.54, 1.807) is 11.4 Å². The summed E-state index contributed by atoms with van der Waals surface area (Å²) in [5, 5.41) is 3.04. The minimum absolute atomic E-state index is 0.268. The van der Waals surface area contributed by atoms with Crippen molar-refractivity contribution in [2.45, 2.75) is 38.6 Å². The first-order chi connectivity index (χ1) is 9.01. The van der Waals surface area contributed by atoms with E-state index in [0.717, 1.165) is 38.9 Å². The Labute approximate surface area is 118 Å². The minimum atomic E-state index is -3.08. The number of nitrogens with zero attached hydrogens (tertiary/aromatic N) is 2. The van der Waals surface area contributed by atoms with Crippen LogP contribution in [0.15, 0.2) is 0 Å². The molecule has 1 saturated heterocycles. The summed E-state index contributed by atoms with van der Waals surface area (Å²) in [7, 11) is 0.530. The lowest BCUT2D eigenvalue weighted by Crippen LogP contribution is -2.41. The summed E-state index contributed by atoms with van der Waals surface area (Å²) in [5.41, 5.74) is 0. The summed E-state index contributed by atoms with van der Waals surface area (Å²) >= 11 is 0. The molecule has 1 heterocycles. The maximum atomic E-state index is 12.2. The number of nitrogens with one attached hydrogen (secondary N) is 1. The van der Waals surface area contributed by atoms with Gasteiger partial charge in [-0.15, -0.1) is 0 Å². The molecule has 1 atom stereocenters. The average molecular weight is 291 g/mol. The lowest BCUT2D eigenvalue weighted by Gasteiger charge is -2.27. The molecule has 0 bridgehead atoms. The Bertz CT molecular complexity index is 346. The van der Waals surface area contributed by atoms with Crippen molar-refractivity contribution in [1.82, 2.24) is 14.5 Å². The zero-order chi connectivity index (χ0) is 14.3. The van der Waals surface area contributed by atoms with Gasteiger partial charge in [-0.2, -0.15) is 0 Å². The number of hydrogen-bond donors (Lipinski definition) is 1. The number of sulfonamides is 1. The molecule has 1 aliphatic rings. The lowest BCUT2D eigenvalue weighted by molar-refractivity contribution is 0.237. The van der Waals surface area contributed by atoms with Crippen LogP contribution < -0.4 is 5.32 Å². The zero-order valence-electron chi connectivity index (χ0n) is 12.6. The molecule has 1 unspecified atom stereocenters. The van der Waals surface area contributed by atoms with Crippen LogP contribution in [0.2, 0.25) is 0 Å². The lowest BCUT2D eigenvalue weighted by atomic mass is 10.2. The van der Waals surface area contributed by atoms with Gasteiger partial charge in [0.15, 0.2) is 0 Å². The number of rotatable bonds is 9. The molecule has 0 aliphatic carbocycles. The number of unbranched alkanes of at least 4 members (excludes halogenated alkanes) is 1. The van der Waals surface area contributed by atoms with Gasteiger partial charge in [0.2, 0.25) is 10.0 Å². The molecule has 0 aromatic rings. The van der Waals surface area contributed by atoms with Gasteiger partial charge in [0.1, 0.15) is 0 Å². The largest absolute Gasteiger partial charge is 0.320 e. The van der Waals surface area contributed by atoms with Crippen molar-refractivity contribution in [2.24, 2.45) is 0 Å². The van der Waals surface area contributed by atoms with Crippen LogP contribution in [0, 0.1) is 0 Å². The molecule has 0 spiro atoms. The molecule has 19 heavy (non-hydrogen) atoms. The van der Waals surface area contributed by atoms with E-state index in [0.29, 0.717) is 12.6 Å². The van der Waals surface area contributed by atoms with Gasteiger partial charge in [-0.1, -0.05) is 6.92 Å². The number of likely N-dealkylation sites (tertiary alicyclic amines) is 1. The first kappa shape index (κ1) is 16.9. The van der Waals surface area contributed by atoms with Gasteiger partial charge < -0.3 is 5.32 Å². The molecule has 1 rings (SSSR count). The van der Waals surface area contributed by atoms with Crippen LogP contribution in [-0.4, -0.2) is 69.7 Å². The highest BCUT2D eigenvalue weighted by Gasteiger charge is 2.27. The Morgan fingerprint density at radius 1 is 1.37 bits per heavy atom. The van der Waals surface area contributed by atoms with E-state index in [-0.39, 0.29) is 5.75 Å². The fraction of sp³-hybridized carbons (Fsp3) is 1.00. The Kier molecular flexibility index (Phi) is 7.28. The van der Waals surface area contributed by atoms with E-state index < -0.39 is 10.0 Å². The van der Waals surface area contributed by atoms with Gasteiger partial charge in [0.25, 0.3) is 0 Å². The Hall–Kier alpha value is -0.170. The average Bonchev–Trinajstić information content (AvgIpc) is 2.82. The van der Waals surface area contributed by atoms with Crippen molar-refractivity contribution in [1.29, 1.82) is 0 Å². The molecule has 1 aliphatic heterocycles. The topological polar surface area (TPSA) is 52.7 Å². The number of hydrogen-bond acceptors (Lipinski definition) is 4. The highest BCUT2D eigenvalue weighted by Crippen LogP contribution is 2.18. The van der Waals surface area contributed by atoms with Crippen molar-refractivity contribution >= 4 is 10.0 Å². The van der Waals surface area contributed by atoms with Crippen LogP contribution in [-0.2, 0) is 10.0 Å². The van der Waals surface area contributed by atoms with E-state index >= 15 is 0 Å². The third-order valence-electron chi connectivity index (χ3n) is 3.93. The first-order valence-electron chi connectivity index (χ1n) is 7.34. The number of likely N-dealkylation sites (N-methyl/N-ethyl adjacent to an activating group) is 2. The van der Waals surface area contributed by atoms with Crippen molar-refractivity contribution in [2.75, 3.05) is 46.0 Å². The molecule has 0 aromatic heterocycles. The summed E-state index contributed by atoms with van der Waals surface area (Å²) in [6.07, 6.45) is 3.95. The summed E-state index contributed by atoms with van der Waals surface area (Å²) in [5.74, 6) is 0.268. The maximum Gasteiger partial charge on any atom is 0.213 e. The van der Waals surface area contributed by atoms with Crippen LogP contribution in [0.3, 0.4) is 0 Å². The van der Waals surface area contributed by atoms with Crippen molar-refractivity contribution < 1.29 is 8.42 Å². The highest BCUT2D eigenvalue weighted by atomic mass is 32.2. The van der Waals surface area contributed by atoms with Gasteiger partial charge in [-0.05, 0) is 52.4 Å². The third-order valence-corrected chi connectivity index (χ3v) is 5.83. The SMILES string of the molecule is CCN1CCCC1CN(C)S(=O)(=O)CCCCNC. The molecule has 0 radical (unpaired) electrons. The van der Waals surface area contributed by atoms with E-state index in [9.17, 15) is 8.42 Å². The van der Waals surface area contributed by atoms with E-state index in [1.807, 2.05) is 7.05 Å². The fourth-order valence-electron chi connectivity index (χ4n) is 2.67. The summed E-state index contributed by atoms with van der Waals surface area (Å²) in [4.78, 5) is 2.38. The molecule has 1 N–H and O–H groups in total. The van der Waals surface area contributed by atoms with Crippen molar-refractivity contribution in [3.8, 4) is 0 Å². The standard InChI is InChI=1S/C13H29N3O2S/c1-4-16-10-7-8-13(16)12-15(3)19(17,18)11-6-5-9-14-2/h13-14H,4-12H2,1-3H3. The molecule has 0 saturated carbocycles. The molecule has 0 amide bonds. The van der Waals surface area contributed by atoms with Gasteiger partial charge in [0.05, 0.1) is 5.75 Å². The van der Waals surface area contributed by atoms with Crippen LogP contribution in [0.4, 0.5) is 0 Å². The maximum absolute atomic E-state index is 12.2. The second kappa shape index (κ2) is 8.19. The van der Waals surface area contributed by atoms with Crippen molar-refractivity contribution in [3.05, 3.63) is 0 Å². The smallest absolute Gasteiger partial charge is 0.213 e. The van der Waals surface area contributed by atoms with Gasteiger partial charge >= 0.3 is 0 Å². The summed E-state index contributed by atoms with van der Waals surface area (Å²) < 4.78 is 25.9. The van der Waals surface area contributed by atoms with Gasteiger partial charge in [0, 0.05) is 19.6 Å². The minimum Gasteiger partial charge on any atom is -0.320 e. The van der Waals surface area contributed by atoms with Gasteiger partial charge in [-0.25, -0.2) is 12.7 Å². The molecule has 6 heteroatoms. The third kappa shape index (κ3) is 5.38. The van der Waals surface area contributed by atoms with E-state index in [4.69, 9.17) is 0 Å². The van der Waals surface area contributed by atoms with Crippen LogP contribution in [0.5, 0.6) is 0 Å². The molecule has 114 valence electrons. The zero-order valence-corrected chi connectivity index (χ0v) is 13.4. The van der Waals surface area contributed by atoms with Crippen LogP contribution in [0.25, 0.3) is 0 Å². The highest BCUT2D eigenvalue weighted by molar-refractivity contribution is 7.89. The second-order valence-corrected chi connectivity index (χ2v) is 7.53. The monoisotopic (exact) mass is 291 g/mol. The first-order valence-corrected chi connectivity index (χ1v) is 8.95. The molecule has 5 nitrogen and oxygen atoms in total. The molecular weight excluding hydrogens is 262 g/mol. The quantitative estimate of drug-likeness (QED) is 0.636. The Morgan fingerprint density at radius 2 is 2.11 bits per heavy atom. The van der Waals surface area contributed by atoms with Gasteiger partial charge in [-0.3, -0.25) is 4.90 Å². The van der Waals surface area contributed by atoms with Crippen LogP contribution >= 0.6 is 0 Å². The Morgan fingerprint density at radius 3 is 2.74 bits per heavy atom. The second-order valence-electron chi connectivity index (χ2n) is 5.33. The molecular formula is C13H29N3O2S. The Balaban J connectivity index is 2.40. The fourth-order valence-corrected chi connectivity index (χ4v) is 3.95. The predicted octanol–water partition coefficient (Wildman–Crippen LogP) is 0.732.